The second kappa shape index (κ2) is 10.3. The molecule has 0 saturated heterocycles. The van der Waals surface area contributed by atoms with E-state index in [1.54, 1.807) is 24.2 Å². The maximum Gasteiger partial charge on any atom is 0.307 e. The molecule has 6 heteroatoms. The Morgan fingerprint density at radius 1 is 1.07 bits per heavy atom. The van der Waals surface area contributed by atoms with Crippen LogP contribution in [0.5, 0.6) is 5.75 Å². The number of amides is 1. The molecular weight excluding hydrogens is 344 g/mol. The number of carbonyl (C=O) groups is 2. The van der Waals surface area contributed by atoms with Crippen molar-refractivity contribution in [3.63, 3.8) is 0 Å². The minimum Gasteiger partial charge on any atom is -0.483 e. The summed E-state index contributed by atoms with van der Waals surface area (Å²) in [7, 11) is 0. The largest absolute Gasteiger partial charge is 0.483 e. The summed E-state index contributed by atoms with van der Waals surface area (Å²) in [6.45, 7) is 6.56. The van der Waals surface area contributed by atoms with Crippen molar-refractivity contribution in [2.24, 2.45) is 0 Å². The van der Waals surface area contributed by atoms with Gasteiger partial charge in [0, 0.05) is 25.5 Å². The first-order chi connectivity index (χ1) is 13.0. The molecule has 1 aromatic carbocycles. The molecule has 0 saturated carbocycles. The first kappa shape index (κ1) is 20.4. The Labute approximate surface area is 160 Å². The quantitative estimate of drug-likeness (QED) is 0.635. The van der Waals surface area contributed by atoms with Gasteiger partial charge in [-0.05, 0) is 49.6 Å². The second-order valence-corrected chi connectivity index (χ2v) is 6.24. The number of hydrogen-bond donors (Lipinski definition) is 0. The van der Waals surface area contributed by atoms with Crippen LogP contribution in [0.4, 0.5) is 0 Å². The summed E-state index contributed by atoms with van der Waals surface area (Å²) in [5.41, 5.74) is 2.90. The SMILES string of the molecule is CCOC(=O)CCN(Cc1ccncc1)C(=O)COc1c(C)cccc1C. The van der Waals surface area contributed by atoms with Gasteiger partial charge in [-0.1, -0.05) is 18.2 Å². The van der Waals surface area contributed by atoms with Gasteiger partial charge in [0.05, 0.1) is 13.0 Å². The zero-order valence-electron chi connectivity index (χ0n) is 16.1. The van der Waals surface area contributed by atoms with Crippen molar-refractivity contribution in [2.75, 3.05) is 19.8 Å². The molecule has 0 atom stereocenters. The van der Waals surface area contributed by atoms with E-state index in [0.717, 1.165) is 22.4 Å². The maximum atomic E-state index is 12.7. The van der Waals surface area contributed by atoms with Gasteiger partial charge < -0.3 is 14.4 Å². The fourth-order valence-electron chi connectivity index (χ4n) is 2.71. The van der Waals surface area contributed by atoms with Crippen LogP contribution in [0.25, 0.3) is 0 Å². The van der Waals surface area contributed by atoms with E-state index < -0.39 is 0 Å². The van der Waals surface area contributed by atoms with Gasteiger partial charge >= 0.3 is 5.97 Å². The lowest BCUT2D eigenvalue weighted by atomic mass is 10.1. The summed E-state index contributed by atoms with van der Waals surface area (Å²) in [5, 5.41) is 0. The molecule has 0 N–H and O–H groups in total. The molecule has 27 heavy (non-hydrogen) atoms. The van der Waals surface area contributed by atoms with Crippen molar-refractivity contribution in [1.29, 1.82) is 0 Å². The van der Waals surface area contributed by atoms with Gasteiger partial charge in [-0.2, -0.15) is 0 Å². The molecule has 0 bridgehead atoms. The lowest BCUT2D eigenvalue weighted by Gasteiger charge is -2.23. The lowest BCUT2D eigenvalue weighted by molar-refractivity contribution is -0.144. The smallest absolute Gasteiger partial charge is 0.307 e. The number of benzene rings is 1. The number of pyridine rings is 1. The van der Waals surface area contributed by atoms with Crippen molar-refractivity contribution < 1.29 is 19.1 Å². The van der Waals surface area contributed by atoms with E-state index in [2.05, 4.69) is 4.98 Å². The average molecular weight is 370 g/mol. The monoisotopic (exact) mass is 370 g/mol. The highest BCUT2D eigenvalue weighted by molar-refractivity contribution is 5.78. The molecule has 0 aliphatic carbocycles. The van der Waals surface area contributed by atoms with Crippen LogP contribution < -0.4 is 4.74 Å². The number of aryl methyl sites for hydroxylation is 2. The molecule has 2 aromatic rings. The average Bonchev–Trinajstić information content (AvgIpc) is 2.65. The molecule has 1 aromatic heterocycles. The lowest BCUT2D eigenvalue weighted by Crippen LogP contribution is -2.36. The van der Waals surface area contributed by atoms with Crippen LogP contribution in [-0.4, -0.2) is 41.5 Å². The van der Waals surface area contributed by atoms with Gasteiger partial charge in [0.15, 0.2) is 6.61 Å². The van der Waals surface area contributed by atoms with E-state index in [1.165, 1.54) is 0 Å². The molecule has 0 radical (unpaired) electrons. The van der Waals surface area contributed by atoms with Gasteiger partial charge in [0.2, 0.25) is 0 Å². The van der Waals surface area contributed by atoms with Gasteiger partial charge in [-0.3, -0.25) is 14.6 Å². The Morgan fingerprint density at radius 3 is 2.37 bits per heavy atom. The summed E-state index contributed by atoms with van der Waals surface area (Å²) in [6, 6.07) is 9.53. The summed E-state index contributed by atoms with van der Waals surface area (Å²) in [4.78, 5) is 30.0. The highest BCUT2D eigenvalue weighted by atomic mass is 16.5. The molecule has 1 amide bonds. The fourth-order valence-corrected chi connectivity index (χ4v) is 2.71. The van der Waals surface area contributed by atoms with Crippen molar-refractivity contribution in [2.45, 2.75) is 33.7 Å². The normalized spacial score (nSPS) is 10.3. The zero-order valence-corrected chi connectivity index (χ0v) is 16.1. The van der Waals surface area contributed by atoms with Crippen LogP contribution in [0.1, 0.15) is 30.0 Å². The number of rotatable bonds is 9. The number of hydrogen-bond acceptors (Lipinski definition) is 5. The molecular formula is C21H26N2O4. The first-order valence-electron chi connectivity index (χ1n) is 9.02. The second-order valence-electron chi connectivity index (χ2n) is 6.24. The van der Waals surface area contributed by atoms with Crippen LogP contribution in [0.3, 0.4) is 0 Å². The molecule has 0 aliphatic rings. The third-order valence-corrected chi connectivity index (χ3v) is 4.12. The number of para-hydroxylation sites is 1. The summed E-state index contributed by atoms with van der Waals surface area (Å²) in [5.74, 6) is 0.222. The minimum atomic E-state index is -0.319. The Kier molecular flexibility index (Phi) is 7.79. The summed E-state index contributed by atoms with van der Waals surface area (Å²) < 4.78 is 10.7. The number of aromatic nitrogens is 1. The van der Waals surface area contributed by atoms with E-state index in [9.17, 15) is 9.59 Å². The molecule has 0 aliphatic heterocycles. The Balaban J connectivity index is 2.04. The molecule has 0 unspecified atom stereocenters. The summed E-state index contributed by atoms with van der Waals surface area (Å²) in [6.07, 6.45) is 3.50. The van der Waals surface area contributed by atoms with E-state index in [0.29, 0.717) is 13.2 Å². The molecule has 0 fully saturated rings. The van der Waals surface area contributed by atoms with E-state index in [-0.39, 0.29) is 31.4 Å². The fraction of sp³-hybridized carbons (Fsp3) is 0.381. The van der Waals surface area contributed by atoms with E-state index in [4.69, 9.17) is 9.47 Å². The standard InChI is InChI=1S/C21H26N2O4/c1-4-26-20(25)10-13-23(14-18-8-11-22-12-9-18)19(24)15-27-21-16(2)6-5-7-17(21)3/h5-9,11-12H,4,10,13-15H2,1-3H3. The molecule has 1 heterocycles. The Hall–Kier alpha value is -2.89. The Morgan fingerprint density at radius 2 is 1.74 bits per heavy atom. The molecule has 2 rings (SSSR count). The highest BCUT2D eigenvalue weighted by Crippen LogP contribution is 2.22. The topological polar surface area (TPSA) is 68.7 Å². The van der Waals surface area contributed by atoms with Crippen LogP contribution in [0.15, 0.2) is 42.7 Å². The third-order valence-electron chi connectivity index (χ3n) is 4.12. The number of ether oxygens (including phenoxy) is 2. The van der Waals surface area contributed by atoms with Crippen molar-refractivity contribution in [1.82, 2.24) is 9.88 Å². The number of nitrogens with zero attached hydrogens (tertiary/aromatic N) is 2. The Bertz CT molecular complexity index is 742. The molecule has 6 nitrogen and oxygen atoms in total. The maximum absolute atomic E-state index is 12.7. The number of esters is 1. The van der Waals surface area contributed by atoms with Gasteiger partial charge in [-0.15, -0.1) is 0 Å². The van der Waals surface area contributed by atoms with Crippen molar-refractivity contribution in [3.05, 3.63) is 59.4 Å². The van der Waals surface area contributed by atoms with Crippen LogP contribution in [-0.2, 0) is 20.9 Å². The molecule has 144 valence electrons. The predicted molar refractivity (Wildman–Crippen MR) is 102 cm³/mol. The highest BCUT2D eigenvalue weighted by Gasteiger charge is 2.17. The van der Waals surface area contributed by atoms with Crippen LogP contribution >= 0.6 is 0 Å². The zero-order chi connectivity index (χ0) is 19.6. The van der Waals surface area contributed by atoms with E-state index >= 15 is 0 Å². The van der Waals surface area contributed by atoms with Crippen LogP contribution in [0.2, 0.25) is 0 Å². The number of carbonyl (C=O) groups excluding carboxylic acids is 2. The summed E-state index contributed by atoms with van der Waals surface area (Å²) >= 11 is 0. The van der Waals surface area contributed by atoms with Gasteiger partial charge in [0.25, 0.3) is 5.91 Å². The van der Waals surface area contributed by atoms with Gasteiger partial charge in [-0.25, -0.2) is 0 Å². The van der Waals surface area contributed by atoms with E-state index in [1.807, 2.05) is 44.2 Å². The van der Waals surface area contributed by atoms with Crippen molar-refractivity contribution in [3.8, 4) is 5.75 Å². The first-order valence-corrected chi connectivity index (χ1v) is 9.02. The predicted octanol–water partition coefficient (Wildman–Crippen LogP) is 3.06. The molecule has 0 spiro atoms. The minimum absolute atomic E-state index is 0.0837. The third kappa shape index (κ3) is 6.40. The van der Waals surface area contributed by atoms with Crippen LogP contribution in [0, 0.1) is 13.8 Å². The van der Waals surface area contributed by atoms with Crippen molar-refractivity contribution >= 4 is 11.9 Å². The van der Waals surface area contributed by atoms with Gasteiger partial charge in [0.1, 0.15) is 5.75 Å².